The molecule has 2 bridgehead atoms. The number of rotatable bonds is 1. The van der Waals surface area contributed by atoms with Crippen molar-refractivity contribution >= 4 is 23.4 Å². The highest BCUT2D eigenvalue weighted by Gasteiger charge is 2.66. The summed E-state index contributed by atoms with van der Waals surface area (Å²) in [6.07, 6.45) is 8.34. The maximum atomic E-state index is 13.6. The number of hydrogen-bond acceptors (Lipinski definition) is 7. The Bertz CT molecular complexity index is 1130. The first-order valence-electron chi connectivity index (χ1n) is 13.9. The maximum Gasteiger partial charge on any atom is 0.259 e. The van der Waals surface area contributed by atoms with Gasteiger partial charge in [0.15, 0.2) is 5.78 Å². The summed E-state index contributed by atoms with van der Waals surface area (Å²) in [5.41, 5.74) is -1.44. The highest BCUT2D eigenvalue weighted by atomic mass is 16.3. The largest absolute Gasteiger partial charge is 0.507 e. The molecular weight excluding hydrogens is 488 g/mol. The van der Waals surface area contributed by atoms with Gasteiger partial charge in [-0.05, 0) is 73.3 Å². The normalized spacial score (nSPS) is 43.5. The fourth-order valence-corrected chi connectivity index (χ4v) is 8.22. The van der Waals surface area contributed by atoms with E-state index in [9.17, 15) is 34.5 Å². The van der Waals surface area contributed by atoms with Crippen LogP contribution in [-0.4, -0.2) is 63.0 Å². The topological polar surface area (TPSA) is 153 Å². The lowest BCUT2D eigenvalue weighted by atomic mass is 9.61. The van der Waals surface area contributed by atoms with E-state index in [2.05, 4.69) is 24.5 Å². The molecule has 38 heavy (non-hydrogen) atoms. The molecule has 10 atom stereocenters. The van der Waals surface area contributed by atoms with Crippen molar-refractivity contribution in [3.05, 3.63) is 35.6 Å². The van der Waals surface area contributed by atoms with Gasteiger partial charge in [-0.1, -0.05) is 32.4 Å². The zero-order valence-corrected chi connectivity index (χ0v) is 21.9. The van der Waals surface area contributed by atoms with Crippen LogP contribution in [0.25, 0.3) is 0 Å². The van der Waals surface area contributed by atoms with Crippen LogP contribution in [0.3, 0.4) is 0 Å². The number of ketones is 2. The molecule has 0 aromatic heterocycles. The SMILES string of the molecule is CCC1CC2CC3C4CC=CC(=O)NCCC(O)C5NC(=O)C(=C(O)C=CC4CC(=O)C3C2(O)C1C)C5=O. The summed E-state index contributed by atoms with van der Waals surface area (Å²) < 4.78 is 0. The fraction of sp³-hybridized carbons (Fsp3) is 0.655. The molecule has 0 spiro atoms. The highest BCUT2D eigenvalue weighted by Crippen LogP contribution is 2.63. The van der Waals surface area contributed by atoms with Crippen LogP contribution in [-0.2, 0) is 19.2 Å². The van der Waals surface area contributed by atoms with Gasteiger partial charge in [0.2, 0.25) is 5.91 Å². The minimum Gasteiger partial charge on any atom is -0.507 e. The van der Waals surface area contributed by atoms with Gasteiger partial charge < -0.3 is 26.0 Å². The molecule has 3 saturated carbocycles. The monoisotopic (exact) mass is 526 g/mol. The zero-order chi connectivity index (χ0) is 27.4. The number of fused-ring (bicyclic) bond motifs is 7. The van der Waals surface area contributed by atoms with Crippen LogP contribution in [0.15, 0.2) is 35.6 Å². The third-order valence-corrected chi connectivity index (χ3v) is 10.2. The highest BCUT2D eigenvalue weighted by molar-refractivity contribution is 6.27. The molecule has 2 aliphatic heterocycles. The van der Waals surface area contributed by atoms with Crippen molar-refractivity contribution in [1.82, 2.24) is 10.6 Å². The third-order valence-electron chi connectivity index (χ3n) is 10.2. The Hall–Kier alpha value is -2.78. The first-order valence-corrected chi connectivity index (χ1v) is 13.9. The smallest absolute Gasteiger partial charge is 0.259 e. The number of allylic oxidation sites excluding steroid dienone is 3. The molecule has 1 saturated heterocycles. The zero-order valence-electron chi connectivity index (χ0n) is 21.9. The number of aliphatic hydroxyl groups excluding tert-OH is 2. The van der Waals surface area contributed by atoms with E-state index in [1.807, 2.05) is 0 Å². The second kappa shape index (κ2) is 10.1. The van der Waals surface area contributed by atoms with E-state index in [1.165, 1.54) is 12.2 Å². The van der Waals surface area contributed by atoms with Crippen molar-refractivity contribution in [2.75, 3.05) is 6.54 Å². The van der Waals surface area contributed by atoms with Gasteiger partial charge in [-0.25, -0.2) is 0 Å². The Kier molecular flexibility index (Phi) is 7.11. The van der Waals surface area contributed by atoms with Crippen molar-refractivity contribution in [1.29, 1.82) is 0 Å². The molecule has 5 aliphatic rings. The van der Waals surface area contributed by atoms with Crippen molar-refractivity contribution in [2.45, 2.75) is 70.1 Å². The van der Waals surface area contributed by atoms with Gasteiger partial charge in [0.05, 0.1) is 17.6 Å². The van der Waals surface area contributed by atoms with E-state index >= 15 is 0 Å². The molecule has 3 aliphatic carbocycles. The lowest BCUT2D eigenvalue weighted by Crippen LogP contribution is -2.51. The van der Waals surface area contributed by atoms with Crippen LogP contribution in [0, 0.1) is 41.4 Å². The van der Waals surface area contributed by atoms with Gasteiger partial charge in [0, 0.05) is 13.0 Å². The van der Waals surface area contributed by atoms with Crippen LogP contribution in [0.1, 0.15) is 52.4 Å². The second-order valence-corrected chi connectivity index (χ2v) is 11.9. The molecule has 4 fully saturated rings. The first kappa shape index (κ1) is 26.8. The molecule has 2 heterocycles. The molecule has 10 unspecified atom stereocenters. The van der Waals surface area contributed by atoms with Gasteiger partial charge in [-0.3, -0.25) is 19.2 Å². The Labute approximate surface area is 222 Å². The molecule has 0 radical (unpaired) electrons. The van der Waals surface area contributed by atoms with Gasteiger partial charge in [-0.15, -0.1) is 0 Å². The lowest BCUT2D eigenvalue weighted by Gasteiger charge is -2.44. The third kappa shape index (κ3) is 4.24. The predicted molar refractivity (Wildman–Crippen MR) is 137 cm³/mol. The van der Waals surface area contributed by atoms with Gasteiger partial charge >= 0.3 is 0 Å². The van der Waals surface area contributed by atoms with Crippen molar-refractivity contribution in [3.63, 3.8) is 0 Å². The van der Waals surface area contributed by atoms with E-state index < -0.39 is 46.7 Å². The molecule has 0 aromatic carbocycles. The second-order valence-electron chi connectivity index (χ2n) is 11.9. The van der Waals surface area contributed by atoms with Gasteiger partial charge in [0.1, 0.15) is 23.2 Å². The van der Waals surface area contributed by atoms with Crippen LogP contribution in [0.5, 0.6) is 0 Å². The van der Waals surface area contributed by atoms with Crippen LogP contribution in [0.4, 0.5) is 0 Å². The van der Waals surface area contributed by atoms with Gasteiger partial charge in [-0.2, -0.15) is 0 Å². The van der Waals surface area contributed by atoms with E-state index in [0.29, 0.717) is 12.3 Å². The van der Waals surface area contributed by atoms with E-state index in [-0.39, 0.29) is 60.7 Å². The Morgan fingerprint density at radius 2 is 1.87 bits per heavy atom. The Morgan fingerprint density at radius 1 is 1.11 bits per heavy atom. The number of aliphatic hydroxyl groups is 3. The summed E-state index contributed by atoms with van der Waals surface area (Å²) in [7, 11) is 0. The summed E-state index contributed by atoms with van der Waals surface area (Å²) in [6, 6.07) is -1.20. The molecule has 9 nitrogen and oxygen atoms in total. The summed E-state index contributed by atoms with van der Waals surface area (Å²) >= 11 is 0. The molecule has 5 N–H and O–H groups in total. The summed E-state index contributed by atoms with van der Waals surface area (Å²) in [5.74, 6) is -2.71. The number of carbonyl (C=O) groups is 4. The minimum absolute atomic E-state index is 0.00986. The molecule has 0 aromatic rings. The molecular formula is C29H38N2O7. The van der Waals surface area contributed by atoms with Crippen molar-refractivity contribution < 1.29 is 34.5 Å². The maximum absolute atomic E-state index is 13.6. The van der Waals surface area contributed by atoms with E-state index in [4.69, 9.17) is 0 Å². The van der Waals surface area contributed by atoms with E-state index in [1.54, 1.807) is 12.2 Å². The summed E-state index contributed by atoms with van der Waals surface area (Å²) in [4.78, 5) is 51.3. The number of nitrogens with one attached hydrogen (secondary N) is 2. The predicted octanol–water partition coefficient (Wildman–Crippen LogP) is 1.50. The van der Waals surface area contributed by atoms with Crippen molar-refractivity contribution in [3.8, 4) is 0 Å². The average molecular weight is 527 g/mol. The van der Waals surface area contributed by atoms with Gasteiger partial charge in [0.25, 0.3) is 5.91 Å². The van der Waals surface area contributed by atoms with E-state index in [0.717, 1.165) is 19.3 Å². The molecule has 2 amide bonds. The summed E-state index contributed by atoms with van der Waals surface area (Å²) in [5, 5.41) is 38.2. The fourth-order valence-electron chi connectivity index (χ4n) is 8.22. The molecule has 5 rings (SSSR count). The molecule has 206 valence electrons. The number of amides is 2. The summed E-state index contributed by atoms with van der Waals surface area (Å²) in [6.45, 7) is 4.30. The quantitative estimate of drug-likeness (QED) is 0.325. The number of carbonyl (C=O) groups excluding carboxylic acids is 4. The average Bonchev–Trinajstić information content (AvgIpc) is 3.43. The van der Waals surface area contributed by atoms with Crippen LogP contribution >= 0.6 is 0 Å². The number of Topliss-reactive ketones (excluding diaryl/α,β-unsaturated/α-hetero) is 2. The first-order chi connectivity index (χ1) is 18.1. The number of hydrogen-bond donors (Lipinski definition) is 5. The Balaban J connectivity index is 1.50. The van der Waals surface area contributed by atoms with Crippen LogP contribution in [0.2, 0.25) is 0 Å². The Morgan fingerprint density at radius 3 is 2.61 bits per heavy atom. The molecule has 9 heteroatoms. The standard InChI is InChI=1S/C29H38N2O7/c1-3-15-11-17-13-19-18-5-4-6-23(35)30-10-9-21(33)26-27(36)24(28(37)31-26)20(32)8-7-16(18)12-22(34)25(19)29(17,38)14(15)2/h4,6-8,14-19,21,25-26,32-33,38H,3,5,9-13H2,1-2H3,(H,30,35)(H,31,37). The van der Waals surface area contributed by atoms with Crippen molar-refractivity contribution in [2.24, 2.45) is 41.4 Å². The minimum atomic E-state index is -1.22. The lowest BCUT2D eigenvalue weighted by molar-refractivity contribution is -0.145. The van der Waals surface area contributed by atoms with Crippen LogP contribution < -0.4 is 10.6 Å².